The number of phenols is 1. The number of β-amino-alcohol motifs (C(OH)–C–C–N with tert-alkyl or cyclic N) is 1. The van der Waals surface area contributed by atoms with E-state index in [-0.39, 0.29) is 29.6 Å². The van der Waals surface area contributed by atoms with Crippen molar-refractivity contribution in [1.29, 1.82) is 0 Å². The second kappa shape index (κ2) is 22.4. The number of aromatic hydroxyl groups is 1. The van der Waals surface area contributed by atoms with E-state index < -0.39 is 0 Å². The van der Waals surface area contributed by atoms with E-state index in [1.165, 1.54) is 10.4 Å². The third kappa shape index (κ3) is 11.7. The topological polar surface area (TPSA) is 183 Å². The molecule has 3 aliphatic rings. The van der Waals surface area contributed by atoms with Crippen LogP contribution >= 0.6 is 11.3 Å². The smallest absolute Gasteiger partial charge is 0.225 e. The molecule has 0 bridgehead atoms. The maximum Gasteiger partial charge on any atom is 0.225 e. The van der Waals surface area contributed by atoms with Crippen LogP contribution in [0.25, 0.3) is 32.7 Å². The molecule has 3 saturated heterocycles. The van der Waals surface area contributed by atoms with Gasteiger partial charge in [0.2, 0.25) is 18.7 Å². The maximum atomic E-state index is 13.2. The van der Waals surface area contributed by atoms with Gasteiger partial charge in [-0.25, -0.2) is 4.98 Å². The summed E-state index contributed by atoms with van der Waals surface area (Å²) in [4.78, 5) is 44.6. The number of phenolic OH excluding ortho intramolecular Hbond substituents is 1. The second-order valence-corrected chi connectivity index (χ2v) is 17.5. The fraction of sp³-hybridized carbons (Fsp3) is 0.426. The first-order chi connectivity index (χ1) is 31.0. The number of aromatic nitrogens is 5. The zero-order valence-electron chi connectivity index (χ0n) is 37.1. The van der Waals surface area contributed by atoms with Crippen LogP contribution in [0.15, 0.2) is 76.8 Å². The minimum Gasteiger partial charge on any atom is -0.507 e. The predicted octanol–water partition coefficient (Wildman–Crippen LogP) is 6.53. The number of piperidine rings is 1. The van der Waals surface area contributed by atoms with Gasteiger partial charge in [0.25, 0.3) is 0 Å². The first kappa shape index (κ1) is 47.3. The molecule has 7 heterocycles. The molecule has 3 N–H and O–H groups in total. The highest BCUT2D eigenvalue weighted by Gasteiger charge is 2.38. The van der Waals surface area contributed by atoms with Crippen molar-refractivity contribution in [3.63, 3.8) is 0 Å². The molecule has 3 fully saturated rings. The van der Waals surface area contributed by atoms with Gasteiger partial charge in [0.15, 0.2) is 5.82 Å². The molecule has 1 atom stereocenters. The number of aliphatic hydroxyl groups is 1. The lowest BCUT2D eigenvalue weighted by molar-refractivity contribution is -0.140. The number of hydrogen-bond acceptors (Lipinski definition) is 12. The zero-order chi connectivity index (χ0) is 45.8. The highest BCUT2D eigenvalue weighted by Crippen LogP contribution is 2.35. The van der Waals surface area contributed by atoms with E-state index in [0.717, 1.165) is 97.8 Å². The number of anilines is 1. The van der Waals surface area contributed by atoms with E-state index in [1.54, 1.807) is 28.4 Å². The Bertz CT molecular complexity index is 2440. The summed E-state index contributed by atoms with van der Waals surface area (Å²) in [5.41, 5.74) is 9.44. The minimum absolute atomic E-state index is 0.0636. The third-order valence-corrected chi connectivity index (χ3v) is 12.6. The number of thiazole rings is 1. The lowest BCUT2D eigenvalue weighted by Gasteiger charge is -2.42. The summed E-state index contributed by atoms with van der Waals surface area (Å²) in [5.74, 6) is 3.14. The number of hydrogen-bond donors (Lipinski definition) is 3. The predicted molar refractivity (Wildman–Crippen MR) is 245 cm³/mol. The van der Waals surface area contributed by atoms with Crippen LogP contribution in [0, 0.1) is 18.8 Å². The van der Waals surface area contributed by atoms with Crippen molar-refractivity contribution >= 4 is 46.9 Å². The van der Waals surface area contributed by atoms with E-state index in [1.807, 2.05) is 60.8 Å². The van der Waals surface area contributed by atoms with Crippen LogP contribution in [0.4, 0.5) is 10.2 Å². The van der Waals surface area contributed by atoms with Crippen molar-refractivity contribution in [3.8, 4) is 27.4 Å². The number of aryl methyl sites for hydroxylation is 2. The Morgan fingerprint density at radius 3 is 2.33 bits per heavy atom. The number of carbonyl (C=O) groups excluding carboxylic acids is 3. The summed E-state index contributed by atoms with van der Waals surface area (Å²) in [5, 5.41) is 34.7. The number of para-hydroxylation sites is 1. The quantitative estimate of drug-likeness (QED) is 0.120. The number of nitrogens with one attached hydrogen (secondary N) is 1. The molecule has 15 nitrogen and oxygen atoms in total. The van der Waals surface area contributed by atoms with Crippen molar-refractivity contribution in [1.82, 2.24) is 40.0 Å². The van der Waals surface area contributed by atoms with Crippen molar-refractivity contribution in [2.24, 2.45) is 18.9 Å². The van der Waals surface area contributed by atoms with Crippen LogP contribution in [-0.2, 0) is 34.4 Å². The van der Waals surface area contributed by atoms with Crippen molar-refractivity contribution in [3.05, 3.63) is 95.0 Å². The average Bonchev–Trinajstić information content (AvgIpc) is 4.12. The Labute approximate surface area is 376 Å². The Hall–Kier alpha value is -6.20. The van der Waals surface area contributed by atoms with Crippen LogP contribution in [-0.4, -0.2) is 116 Å². The molecule has 1 unspecified atom stereocenters. The van der Waals surface area contributed by atoms with E-state index in [0.29, 0.717) is 50.4 Å². The number of halogens is 1. The number of alkyl halides is 1. The lowest BCUT2D eigenvalue weighted by Crippen LogP contribution is -2.52. The average molecular weight is 896 g/mol. The van der Waals surface area contributed by atoms with Gasteiger partial charge in [0.05, 0.1) is 40.6 Å². The summed E-state index contributed by atoms with van der Waals surface area (Å²) < 4.78 is 17.1. The summed E-state index contributed by atoms with van der Waals surface area (Å²) in [7, 11) is 2.53. The van der Waals surface area contributed by atoms with Gasteiger partial charge >= 0.3 is 0 Å². The maximum absolute atomic E-state index is 13.2. The zero-order valence-corrected chi connectivity index (χ0v) is 37.9. The summed E-state index contributed by atoms with van der Waals surface area (Å²) >= 11 is 1.64. The van der Waals surface area contributed by atoms with Crippen molar-refractivity contribution < 1.29 is 33.5 Å². The standard InChI is InChI=1S/C29H34N6O3.C12H12N2OS.C5H9NO2.CH3F/c1-18(2)12-21-13-28(32-38-21)34-10-8-19(9-11-34)29(37)35-16-20(17-35)25-15-24-26(33(25)3)14-23(30-31-24)22-6-4-5-7-27(22)36;1-9-12(16-8-14-9)11-4-2-10(3-5-11)6-13-7-15;7-4-6-2-1-5(8)3-6;1-2/h4-7,13-15,18-20,36H,8-12,16-17H2,1-3H3;2-5,7-8H,6H2,1H3,(H,13,15);4-5,8H,1-3H2;1H3. The molecule has 0 radical (unpaired) electrons. The molecule has 340 valence electrons. The summed E-state index contributed by atoms with van der Waals surface area (Å²) in [6.07, 6.45) is 4.51. The number of amides is 3. The molecule has 17 heteroatoms. The molecule has 2 aromatic carbocycles. The number of nitrogens with zero attached hydrogens (tertiary/aromatic N) is 8. The van der Waals surface area contributed by atoms with E-state index in [9.17, 15) is 23.9 Å². The number of benzene rings is 2. The Kier molecular flexibility index (Phi) is 16.6. The monoisotopic (exact) mass is 895 g/mol. The molecular formula is C47H58FN9O6S. The number of likely N-dealkylation sites (tertiary alicyclic amines) is 2. The Morgan fingerprint density at radius 1 is 0.984 bits per heavy atom. The van der Waals surface area contributed by atoms with Gasteiger partial charge in [-0.1, -0.05) is 55.4 Å². The molecule has 9 rings (SSSR count). The SMILES string of the molecule is CC(C)Cc1cc(N2CCC(C(=O)N3CC(c4cc5nnc(-c6ccccc6O)cc5n4C)C3)CC2)no1.CF.Cc1ncsc1-c1ccc(CNC=O)cc1.O=CN1CCC(O)C1. The second-order valence-electron chi connectivity index (χ2n) is 16.6. The molecule has 3 aliphatic heterocycles. The van der Waals surface area contributed by atoms with E-state index in [4.69, 9.17) is 9.63 Å². The molecular weight excluding hydrogens is 838 g/mol. The van der Waals surface area contributed by atoms with Gasteiger partial charge in [-0.05, 0) is 67.5 Å². The molecule has 0 saturated carbocycles. The molecule has 4 aromatic heterocycles. The van der Waals surface area contributed by atoms with Crippen LogP contribution in [0.1, 0.15) is 61.7 Å². The highest BCUT2D eigenvalue weighted by atomic mass is 32.1. The minimum atomic E-state index is -0.278. The number of fused-ring (bicyclic) bond motifs is 1. The van der Waals surface area contributed by atoms with Gasteiger partial charge in [0.1, 0.15) is 17.0 Å². The normalized spacial score (nSPS) is 16.2. The molecule has 0 aliphatic carbocycles. The van der Waals surface area contributed by atoms with Gasteiger partial charge in [-0.3, -0.25) is 18.8 Å². The fourth-order valence-electron chi connectivity index (χ4n) is 8.14. The fourth-order valence-corrected chi connectivity index (χ4v) is 8.95. The Balaban J connectivity index is 0.000000214. The van der Waals surface area contributed by atoms with Crippen molar-refractivity contribution in [2.45, 2.75) is 65.0 Å². The number of aliphatic hydroxyl groups excluding tert-OH is 1. The molecule has 64 heavy (non-hydrogen) atoms. The summed E-state index contributed by atoms with van der Waals surface area (Å²) in [6, 6.07) is 21.4. The number of rotatable bonds is 11. The van der Waals surface area contributed by atoms with Gasteiger partial charge < -0.3 is 39.3 Å². The molecule has 0 spiro atoms. The van der Waals surface area contributed by atoms with Crippen LogP contribution < -0.4 is 10.2 Å². The summed E-state index contributed by atoms with van der Waals surface area (Å²) in [6.45, 7) is 11.2. The molecule has 6 aromatic rings. The lowest BCUT2D eigenvalue weighted by atomic mass is 9.90. The van der Waals surface area contributed by atoms with Crippen LogP contribution in [0.2, 0.25) is 0 Å². The van der Waals surface area contributed by atoms with E-state index in [2.05, 4.69) is 67.2 Å². The molecule has 3 amide bonds. The third-order valence-electron chi connectivity index (χ3n) is 11.6. The van der Waals surface area contributed by atoms with Crippen molar-refractivity contribution in [2.75, 3.05) is 51.3 Å². The van der Waals surface area contributed by atoms with Gasteiger partial charge in [-0.2, -0.15) is 0 Å². The highest BCUT2D eigenvalue weighted by molar-refractivity contribution is 7.13. The first-order valence-corrected chi connectivity index (χ1v) is 22.4. The number of carbonyl (C=O) groups is 3. The first-order valence-electron chi connectivity index (χ1n) is 21.5. The van der Waals surface area contributed by atoms with Crippen LogP contribution in [0.5, 0.6) is 5.75 Å². The van der Waals surface area contributed by atoms with Gasteiger partial charge in [-0.15, -0.1) is 21.5 Å². The van der Waals surface area contributed by atoms with Gasteiger partial charge in [0, 0.05) is 88.4 Å². The van der Waals surface area contributed by atoms with E-state index >= 15 is 0 Å². The van der Waals surface area contributed by atoms with Crippen LogP contribution in [0.3, 0.4) is 0 Å². The Morgan fingerprint density at radius 2 is 1.72 bits per heavy atom. The largest absolute Gasteiger partial charge is 0.507 e.